The summed E-state index contributed by atoms with van der Waals surface area (Å²) >= 11 is 0. The van der Waals surface area contributed by atoms with Crippen LogP contribution in [0.4, 0.5) is 10.5 Å². The summed E-state index contributed by atoms with van der Waals surface area (Å²) in [6, 6.07) is 10.8. The third-order valence-corrected chi connectivity index (χ3v) is 4.71. The van der Waals surface area contributed by atoms with Gasteiger partial charge < -0.3 is 15.1 Å². The first-order valence-corrected chi connectivity index (χ1v) is 8.08. The second kappa shape index (κ2) is 6.37. The Labute approximate surface area is 127 Å². The van der Waals surface area contributed by atoms with E-state index < -0.39 is 0 Å². The zero-order valence-corrected chi connectivity index (χ0v) is 12.8. The van der Waals surface area contributed by atoms with Crippen LogP contribution in [0.15, 0.2) is 30.3 Å². The predicted molar refractivity (Wildman–Crippen MR) is 85.6 cm³/mol. The van der Waals surface area contributed by atoms with Crippen LogP contribution in [0.3, 0.4) is 0 Å². The fourth-order valence-electron chi connectivity index (χ4n) is 3.23. The molecule has 114 valence electrons. The van der Waals surface area contributed by atoms with Crippen molar-refractivity contribution in [1.29, 1.82) is 0 Å². The minimum Gasteiger partial charge on any atom is -0.369 e. The first kappa shape index (κ1) is 14.2. The maximum absolute atomic E-state index is 12.3. The second-order valence-electron chi connectivity index (χ2n) is 6.39. The van der Waals surface area contributed by atoms with E-state index in [9.17, 15) is 4.79 Å². The van der Waals surface area contributed by atoms with E-state index in [0.717, 1.165) is 51.4 Å². The average Bonchev–Trinajstić information content (AvgIpc) is 2.97. The van der Waals surface area contributed by atoms with Crippen LogP contribution in [-0.4, -0.2) is 43.2 Å². The Bertz CT molecular complexity index is 468. The summed E-state index contributed by atoms with van der Waals surface area (Å²) in [5.41, 5.74) is 1.25. The van der Waals surface area contributed by atoms with Crippen LogP contribution >= 0.6 is 0 Å². The molecule has 21 heavy (non-hydrogen) atoms. The highest BCUT2D eigenvalue weighted by atomic mass is 16.2. The molecule has 4 nitrogen and oxygen atoms in total. The van der Waals surface area contributed by atoms with Crippen LogP contribution in [0.25, 0.3) is 0 Å². The largest absolute Gasteiger partial charge is 0.369 e. The van der Waals surface area contributed by atoms with Gasteiger partial charge in [-0.3, -0.25) is 0 Å². The molecule has 2 aliphatic rings. The molecule has 4 heteroatoms. The summed E-state index contributed by atoms with van der Waals surface area (Å²) in [7, 11) is 0. The van der Waals surface area contributed by atoms with Crippen LogP contribution < -0.4 is 10.2 Å². The van der Waals surface area contributed by atoms with Gasteiger partial charge in [-0.15, -0.1) is 0 Å². The molecule has 1 atom stereocenters. The van der Waals surface area contributed by atoms with E-state index in [-0.39, 0.29) is 12.1 Å². The Morgan fingerprint density at radius 3 is 2.52 bits per heavy atom. The molecule has 3 rings (SSSR count). The number of likely N-dealkylation sites (tertiary alicyclic amines) is 1. The number of benzene rings is 1. The minimum atomic E-state index is 0.127. The van der Waals surface area contributed by atoms with Gasteiger partial charge in [0.25, 0.3) is 0 Å². The third kappa shape index (κ3) is 3.49. The first-order chi connectivity index (χ1) is 10.2. The van der Waals surface area contributed by atoms with Crippen molar-refractivity contribution < 1.29 is 4.79 Å². The van der Waals surface area contributed by atoms with E-state index in [1.165, 1.54) is 5.69 Å². The van der Waals surface area contributed by atoms with Crippen LogP contribution in [0.5, 0.6) is 0 Å². The minimum absolute atomic E-state index is 0.127. The Balaban J connectivity index is 1.49. The van der Waals surface area contributed by atoms with Crippen molar-refractivity contribution in [2.45, 2.75) is 32.2 Å². The molecule has 0 aromatic heterocycles. The number of nitrogens with zero attached hydrogens (tertiary/aromatic N) is 2. The quantitative estimate of drug-likeness (QED) is 0.908. The van der Waals surface area contributed by atoms with Gasteiger partial charge in [0.2, 0.25) is 0 Å². The van der Waals surface area contributed by atoms with Crippen LogP contribution in [-0.2, 0) is 0 Å². The Kier molecular flexibility index (Phi) is 4.32. The lowest BCUT2D eigenvalue weighted by Crippen LogP contribution is -2.48. The summed E-state index contributed by atoms with van der Waals surface area (Å²) in [5.74, 6) is 0.758. The van der Waals surface area contributed by atoms with Gasteiger partial charge >= 0.3 is 6.03 Å². The van der Waals surface area contributed by atoms with Crippen molar-refractivity contribution in [3.8, 4) is 0 Å². The molecule has 0 saturated carbocycles. The molecule has 0 bridgehead atoms. The van der Waals surface area contributed by atoms with Crippen LogP contribution in [0.1, 0.15) is 26.2 Å². The molecule has 0 radical (unpaired) electrons. The number of nitrogens with one attached hydrogen (secondary N) is 1. The Hall–Kier alpha value is -1.71. The van der Waals surface area contributed by atoms with E-state index in [1.54, 1.807) is 0 Å². The molecule has 1 aromatic carbocycles. The number of piperidine rings is 1. The number of carbonyl (C=O) groups is 1. The molecule has 1 unspecified atom stereocenters. The highest BCUT2D eigenvalue weighted by Crippen LogP contribution is 2.20. The number of carbonyl (C=O) groups excluding carboxylic acids is 1. The Morgan fingerprint density at radius 2 is 1.81 bits per heavy atom. The summed E-state index contributed by atoms with van der Waals surface area (Å²) in [4.78, 5) is 16.6. The van der Waals surface area contributed by atoms with Crippen molar-refractivity contribution in [3.05, 3.63) is 30.3 Å². The molecule has 0 aliphatic carbocycles. The van der Waals surface area contributed by atoms with E-state index in [2.05, 4.69) is 41.4 Å². The zero-order chi connectivity index (χ0) is 14.7. The monoisotopic (exact) mass is 287 g/mol. The molecular weight excluding hydrogens is 262 g/mol. The fraction of sp³-hybridized carbons (Fsp3) is 0.588. The zero-order valence-electron chi connectivity index (χ0n) is 12.8. The molecule has 2 aliphatic heterocycles. The number of hydrogen-bond acceptors (Lipinski definition) is 2. The van der Waals surface area contributed by atoms with E-state index in [4.69, 9.17) is 0 Å². The van der Waals surface area contributed by atoms with Gasteiger partial charge in [-0.2, -0.15) is 0 Å². The Morgan fingerprint density at radius 1 is 1.10 bits per heavy atom. The molecule has 1 aromatic rings. The predicted octanol–water partition coefficient (Wildman–Crippen LogP) is 2.71. The van der Waals surface area contributed by atoms with Gasteiger partial charge in [0.05, 0.1) is 0 Å². The van der Waals surface area contributed by atoms with Gasteiger partial charge in [-0.05, 0) is 37.3 Å². The van der Waals surface area contributed by atoms with Gasteiger partial charge in [-0.1, -0.05) is 25.1 Å². The normalized spacial score (nSPS) is 23.4. The smallest absolute Gasteiger partial charge is 0.317 e. The van der Waals surface area contributed by atoms with Crippen LogP contribution in [0, 0.1) is 5.92 Å². The maximum Gasteiger partial charge on any atom is 0.317 e. The fourth-order valence-corrected chi connectivity index (χ4v) is 3.23. The number of amides is 2. The van der Waals surface area contributed by atoms with Crippen LogP contribution in [0.2, 0.25) is 0 Å². The number of rotatable bonds is 2. The molecule has 2 fully saturated rings. The topological polar surface area (TPSA) is 35.6 Å². The first-order valence-electron chi connectivity index (χ1n) is 8.08. The second-order valence-corrected chi connectivity index (χ2v) is 6.39. The van der Waals surface area contributed by atoms with Gasteiger partial charge in [0.15, 0.2) is 0 Å². The van der Waals surface area contributed by atoms with Gasteiger partial charge in [0.1, 0.15) is 0 Å². The molecule has 2 heterocycles. The number of para-hydroxylation sites is 1. The van der Waals surface area contributed by atoms with E-state index in [0.29, 0.717) is 0 Å². The van der Waals surface area contributed by atoms with Crippen molar-refractivity contribution in [2.24, 2.45) is 5.92 Å². The highest BCUT2D eigenvalue weighted by molar-refractivity contribution is 5.74. The average molecular weight is 287 g/mol. The molecule has 2 saturated heterocycles. The molecule has 2 amide bonds. The van der Waals surface area contributed by atoms with Gasteiger partial charge in [-0.25, -0.2) is 4.79 Å². The number of hydrogen-bond donors (Lipinski definition) is 1. The van der Waals surface area contributed by atoms with E-state index >= 15 is 0 Å². The maximum atomic E-state index is 12.3. The molecule has 0 spiro atoms. The van der Waals surface area contributed by atoms with Crippen molar-refractivity contribution in [3.63, 3.8) is 0 Å². The third-order valence-electron chi connectivity index (χ3n) is 4.71. The summed E-state index contributed by atoms with van der Waals surface area (Å²) in [6.07, 6.45) is 3.30. The lowest BCUT2D eigenvalue weighted by molar-refractivity contribution is 0.171. The lowest BCUT2D eigenvalue weighted by Gasteiger charge is -2.31. The SMILES string of the molecule is CC1CCN(C(=O)NC2CCN(c3ccccc3)C2)CC1. The molecule has 1 N–H and O–H groups in total. The number of urea groups is 1. The van der Waals surface area contributed by atoms with Gasteiger partial charge in [0, 0.05) is 37.9 Å². The molecular formula is C17H25N3O. The summed E-state index contributed by atoms with van der Waals surface area (Å²) in [6.45, 7) is 6.01. The summed E-state index contributed by atoms with van der Waals surface area (Å²) in [5, 5.41) is 3.21. The standard InChI is InChI=1S/C17H25N3O/c1-14-7-10-19(11-8-14)17(21)18-15-9-12-20(13-15)16-5-3-2-4-6-16/h2-6,14-15H,7-13H2,1H3,(H,18,21). The summed E-state index contributed by atoms with van der Waals surface area (Å²) < 4.78 is 0. The highest BCUT2D eigenvalue weighted by Gasteiger charge is 2.27. The van der Waals surface area contributed by atoms with E-state index in [1.807, 2.05) is 11.0 Å². The van der Waals surface area contributed by atoms with Crippen molar-refractivity contribution in [2.75, 3.05) is 31.1 Å². The van der Waals surface area contributed by atoms with Crippen molar-refractivity contribution in [1.82, 2.24) is 10.2 Å². The number of anilines is 1. The lowest BCUT2D eigenvalue weighted by atomic mass is 10.00. The van der Waals surface area contributed by atoms with Crippen molar-refractivity contribution >= 4 is 11.7 Å².